The van der Waals surface area contributed by atoms with E-state index in [1.165, 1.54) is 12.8 Å². The van der Waals surface area contributed by atoms with Crippen LogP contribution in [0.5, 0.6) is 0 Å². The molecule has 0 aromatic heterocycles. The predicted molar refractivity (Wildman–Crippen MR) is 87.1 cm³/mol. The Kier molecular flexibility index (Phi) is 5.07. The summed E-state index contributed by atoms with van der Waals surface area (Å²) in [6.45, 7) is 7.58. The van der Waals surface area contributed by atoms with E-state index in [1.807, 2.05) is 0 Å². The summed E-state index contributed by atoms with van der Waals surface area (Å²) in [4.78, 5) is 0. The van der Waals surface area contributed by atoms with Gasteiger partial charge in [0.15, 0.2) is 0 Å². The fourth-order valence-corrected chi connectivity index (χ4v) is 4.89. The highest BCUT2D eigenvalue weighted by Crippen LogP contribution is 2.54. The fourth-order valence-electron chi connectivity index (χ4n) is 4.89. The minimum absolute atomic E-state index is 0.0408. The maximum absolute atomic E-state index is 11.5. The largest absolute Gasteiger partial charge is 0.387 e. The van der Waals surface area contributed by atoms with Crippen molar-refractivity contribution in [2.24, 2.45) is 22.5 Å². The standard InChI is InChI=1S/C18H35NO2/c1-16(2,3)14-8-11-17(13-19,12-9-14)18(20)10-6-5-7-15(18)21-4/h14-15,20H,5-13,19H2,1-4H3. The van der Waals surface area contributed by atoms with E-state index in [1.54, 1.807) is 7.11 Å². The van der Waals surface area contributed by atoms with Crippen LogP contribution < -0.4 is 5.73 Å². The van der Waals surface area contributed by atoms with Crippen LogP contribution >= 0.6 is 0 Å². The van der Waals surface area contributed by atoms with Crippen molar-refractivity contribution in [3.63, 3.8) is 0 Å². The van der Waals surface area contributed by atoms with Crippen LogP contribution in [0.4, 0.5) is 0 Å². The first-order valence-electron chi connectivity index (χ1n) is 8.74. The Balaban J connectivity index is 2.19. The van der Waals surface area contributed by atoms with Gasteiger partial charge in [0.05, 0.1) is 11.7 Å². The molecule has 2 rings (SSSR count). The SMILES string of the molecule is COC1CCCCC1(O)C1(CN)CCC(C(C)(C)C)CC1. The molecular weight excluding hydrogens is 262 g/mol. The summed E-state index contributed by atoms with van der Waals surface area (Å²) in [6, 6.07) is 0. The third-order valence-corrected chi connectivity index (χ3v) is 6.57. The number of methoxy groups -OCH3 is 1. The van der Waals surface area contributed by atoms with Gasteiger partial charge in [0.25, 0.3) is 0 Å². The molecule has 21 heavy (non-hydrogen) atoms. The van der Waals surface area contributed by atoms with Crippen LogP contribution in [0, 0.1) is 16.7 Å². The zero-order chi connectivity index (χ0) is 15.7. The topological polar surface area (TPSA) is 55.5 Å². The van der Waals surface area contributed by atoms with Gasteiger partial charge in [0, 0.05) is 19.1 Å². The molecule has 124 valence electrons. The van der Waals surface area contributed by atoms with E-state index in [9.17, 15) is 5.11 Å². The normalized spacial score (nSPS) is 42.0. The van der Waals surface area contributed by atoms with Crippen LogP contribution in [0.3, 0.4) is 0 Å². The summed E-state index contributed by atoms with van der Waals surface area (Å²) in [6.07, 6.45) is 8.48. The van der Waals surface area contributed by atoms with Gasteiger partial charge in [0.2, 0.25) is 0 Å². The van der Waals surface area contributed by atoms with Crippen molar-refractivity contribution in [3.05, 3.63) is 0 Å². The Bertz CT molecular complexity index is 342. The van der Waals surface area contributed by atoms with Gasteiger partial charge in [-0.2, -0.15) is 0 Å². The number of nitrogens with two attached hydrogens (primary N) is 1. The number of hydrogen-bond acceptors (Lipinski definition) is 3. The molecule has 2 aliphatic rings. The van der Waals surface area contributed by atoms with E-state index in [0.717, 1.165) is 44.4 Å². The molecule has 0 heterocycles. The molecule has 3 N–H and O–H groups in total. The van der Waals surface area contributed by atoms with Crippen LogP contribution in [-0.2, 0) is 4.74 Å². The molecule has 2 aliphatic carbocycles. The lowest BCUT2D eigenvalue weighted by atomic mass is 9.54. The van der Waals surface area contributed by atoms with Crippen LogP contribution in [0.1, 0.15) is 72.1 Å². The molecule has 2 saturated carbocycles. The zero-order valence-corrected chi connectivity index (χ0v) is 14.5. The minimum atomic E-state index is -0.725. The van der Waals surface area contributed by atoms with Gasteiger partial charge >= 0.3 is 0 Å². The molecule has 3 heteroatoms. The van der Waals surface area contributed by atoms with Gasteiger partial charge in [-0.3, -0.25) is 0 Å². The molecule has 0 aliphatic heterocycles. The van der Waals surface area contributed by atoms with Crippen molar-refractivity contribution in [3.8, 4) is 0 Å². The van der Waals surface area contributed by atoms with Crippen LogP contribution in [0.25, 0.3) is 0 Å². The smallest absolute Gasteiger partial charge is 0.0975 e. The van der Waals surface area contributed by atoms with Crippen molar-refractivity contribution in [1.29, 1.82) is 0 Å². The second-order valence-electron chi connectivity index (χ2n) is 8.52. The van der Waals surface area contributed by atoms with Gasteiger partial charge in [-0.1, -0.05) is 33.6 Å². The van der Waals surface area contributed by atoms with E-state index in [0.29, 0.717) is 12.0 Å². The van der Waals surface area contributed by atoms with Crippen LogP contribution in [-0.4, -0.2) is 30.5 Å². The van der Waals surface area contributed by atoms with Gasteiger partial charge in [-0.05, 0) is 49.9 Å². The van der Waals surface area contributed by atoms with Crippen molar-refractivity contribution in [1.82, 2.24) is 0 Å². The van der Waals surface area contributed by atoms with E-state index < -0.39 is 5.60 Å². The minimum Gasteiger partial charge on any atom is -0.387 e. The second-order valence-corrected chi connectivity index (χ2v) is 8.52. The second kappa shape index (κ2) is 6.17. The van der Waals surface area contributed by atoms with Crippen molar-refractivity contribution in [2.75, 3.05) is 13.7 Å². The fraction of sp³-hybridized carbons (Fsp3) is 1.00. The molecule has 0 saturated heterocycles. The van der Waals surface area contributed by atoms with Gasteiger partial charge < -0.3 is 15.6 Å². The van der Waals surface area contributed by atoms with E-state index in [4.69, 9.17) is 10.5 Å². The van der Waals surface area contributed by atoms with E-state index in [2.05, 4.69) is 20.8 Å². The molecule has 0 aromatic rings. The van der Waals surface area contributed by atoms with Gasteiger partial charge in [-0.25, -0.2) is 0 Å². The molecular formula is C18H35NO2. The lowest BCUT2D eigenvalue weighted by Gasteiger charge is -2.56. The molecule has 0 amide bonds. The molecule has 2 fully saturated rings. The summed E-state index contributed by atoms with van der Waals surface area (Å²) in [5, 5.41) is 11.5. The lowest BCUT2D eigenvalue weighted by molar-refractivity contribution is -0.199. The molecule has 2 atom stereocenters. The quantitative estimate of drug-likeness (QED) is 0.838. The average Bonchev–Trinajstić information content (AvgIpc) is 2.46. The van der Waals surface area contributed by atoms with Crippen LogP contribution in [0.2, 0.25) is 0 Å². The first kappa shape index (κ1) is 17.2. The highest BCUT2D eigenvalue weighted by atomic mass is 16.5. The highest BCUT2D eigenvalue weighted by molar-refractivity contribution is 5.08. The molecule has 0 aromatic carbocycles. The highest BCUT2D eigenvalue weighted by Gasteiger charge is 2.56. The number of rotatable bonds is 3. The molecule has 3 nitrogen and oxygen atoms in total. The monoisotopic (exact) mass is 297 g/mol. The summed E-state index contributed by atoms with van der Waals surface area (Å²) in [7, 11) is 1.74. The maximum atomic E-state index is 11.5. The Hall–Kier alpha value is -0.120. The summed E-state index contributed by atoms with van der Waals surface area (Å²) in [5.41, 5.74) is 5.70. The summed E-state index contributed by atoms with van der Waals surface area (Å²) < 4.78 is 5.68. The van der Waals surface area contributed by atoms with Crippen molar-refractivity contribution in [2.45, 2.75) is 83.8 Å². The predicted octanol–water partition coefficient (Wildman–Crippen LogP) is 3.49. The number of ether oxygens (including phenoxy) is 1. The Morgan fingerprint density at radius 3 is 2.19 bits per heavy atom. The Morgan fingerprint density at radius 1 is 1.10 bits per heavy atom. The molecule has 0 spiro atoms. The lowest BCUT2D eigenvalue weighted by Crippen LogP contribution is -2.62. The third kappa shape index (κ3) is 3.02. The van der Waals surface area contributed by atoms with Crippen molar-refractivity contribution >= 4 is 0 Å². The Morgan fingerprint density at radius 2 is 1.71 bits per heavy atom. The third-order valence-electron chi connectivity index (χ3n) is 6.57. The van der Waals surface area contributed by atoms with Gasteiger partial charge in [-0.15, -0.1) is 0 Å². The number of aliphatic hydroxyl groups is 1. The molecule has 0 bridgehead atoms. The zero-order valence-electron chi connectivity index (χ0n) is 14.5. The average molecular weight is 297 g/mol. The first-order valence-corrected chi connectivity index (χ1v) is 8.74. The first-order chi connectivity index (χ1) is 9.79. The Labute approximate surface area is 130 Å². The van der Waals surface area contributed by atoms with Crippen molar-refractivity contribution < 1.29 is 9.84 Å². The summed E-state index contributed by atoms with van der Waals surface area (Å²) in [5.74, 6) is 0.741. The summed E-state index contributed by atoms with van der Waals surface area (Å²) >= 11 is 0. The molecule has 2 unspecified atom stereocenters. The maximum Gasteiger partial charge on any atom is 0.0975 e. The van der Waals surface area contributed by atoms with E-state index in [-0.39, 0.29) is 11.5 Å². The van der Waals surface area contributed by atoms with Crippen LogP contribution in [0.15, 0.2) is 0 Å². The molecule has 0 radical (unpaired) electrons. The van der Waals surface area contributed by atoms with E-state index >= 15 is 0 Å². The number of hydrogen-bond donors (Lipinski definition) is 2. The van der Waals surface area contributed by atoms with Gasteiger partial charge in [0.1, 0.15) is 0 Å².